The zero-order chi connectivity index (χ0) is 15.7. The molecule has 2 N–H and O–H groups in total. The molecular weight excluding hydrogens is 272 g/mol. The molecule has 0 unspecified atom stereocenters. The average Bonchev–Trinajstić information content (AvgIpc) is 2.41. The van der Waals surface area contributed by atoms with Crippen LogP contribution in [-0.4, -0.2) is 32.1 Å². The number of carboxylic acids is 2. The number of hydrogen-bond donors (Lipinski definition) is 2. The number of carbonyl (C=O) groups is 2. The lowest BCUT2D eigenvalue weighted by molar-refractivity contribution is 0.0652. The highest BCUT2D eigenvalue weighted by Crippen LogP contribution is 2.27. The van der Waals surface area contributed by atoms with Crippen LogP contribution in [0.1, 0.15) is 37.8 Å². The van der Waals surface area contributed by atoms with Crippen LogP contribution in [0.2, 0.25) is 0 Å². The molecule has 1 aromatic carbocycles. The third kappa shape index (κ3) is 2.60. The second-order valence-corrected chi connectivity index (χ2v) is 4.67. The molecule has 0 radical (unpaired) electrons. The van der Waals surface area contributed by atoms with E-state index in [1.807, 2.05) is 6.92 Å². The fraction of sp³-hybridized carbons (Fsp3) is 0.200. The molecule has 0 saturated heterocycles. The third-order valence-electron chi connectivity index (χ3n) is 3.25. The van der Waals surface area contributed by atoms with Gasteiger partial charge < -0.3 is 10.2 Å². The van der Waals surface area contributed by atoms with Gasteiger partial charge >= 0.3 is 11.9 Å². The molecule has 0 spiro atoms. The van der Waals surface area contributed by atoms with Crippen molar-refractivity contribution in [3.8, 4) is 11.3 Å². The van der Waals surface area contributed by atoms with Crippen molar-refractivity contribution >= 4 is 11.9 Å². The van der Waals surface area contributed by atoms with Crippen molar-refractivity contribution < 1.29 is 19.8 Å². The van der Waals surface area contributed by atoms with Gasteiger partial charge in [0.15, 0.2) is 0 Å². The predicted molar refractivity (Wildman–Crippen MR) is 75.6 cm³/mol. The molecule has 0 fully saturated rings. The molecule has 0 aliphatic carbocycles. The first kappa shape index (κ1) is 14.6. The maximum absolute atomic E-state index is 11.5. The molecule has 2 aromatic rings. The zero-order valence-corrected chi connectivity index (χ0v) is 11.8. The Morgan fingerprint density at radius 1 is 0.905 bits per heavy atom. The van der Waals surface area contributed by atoms with Crippen LogP contribution in [-0.2, 0) is 0 Å². The van der Waals surface area contributed by atoms with Gasteiger partial charge in [-0.1, -0.05) is 12.1 Å². The first-order valence-corrected chi connectivity index (χ1v) is 6.24. The number of carboxylic acid groups (broad SMARTS) is 2. The Hall–Kier alpha value is -2.76. The van der Waals surface area contributed by atoms with E-state index in [0.29, 0.717) is 17.1 Å². The Balaban J connectivity index is 2.81. The fourth-order valence-electron chi connectivity index (χ4n) is 2.13. The van der Waals surface area contributed by atoms with Crippen LogP contribution in [0.5, 0.6) is 0 Å². The summed E-state index contributed by atoms with van der Waals surface area (Å²) in [5.41, 5.74) is 2.09. The number of aryl methyl sites for hydroxylation is 3. The Kier molecular flexibility index (Phi) is 3.71. The van der Waals surface area contributed by atoms with Crippen LogP contribution in [0, 0.1) is 20.8 Å². The Morgan fingerprint density at radius 3 is 2.10 bits per heavy atom. The van der Waals surface area contributed by atoms with Gasteiger partial charge in [0.2, 0.25) is 0 Å². The van der Waals surface area contributed by atoms with Crippen LogP contribution in [0.3, 0.4) is 0 Å². The number of nitrogens with zero attached hydrogens (tertiary/aromatic N) is 2. The van der Waals surface area contributed by atoms with Crippen molar-refractivity contribution in [3.05, 3.63) is 46.4 Å². The van der Waals surface area contributed by atoms with Crippen LogP contribution < -0.4 is 0 Å². The van der Waals surface area contributed by atoms with E-state index >= 15 is 0 Å². The summed E-state index contributed by atoms with van der Waals surface area (Å²) in [5, 5.41) is 18.5. The highest BCUT2D eigenvalue weighted by molar-refractivity contribution is 6.06. The second-order valence-electron chi connectivity index (χ2n) is 4.67. The van der Waals surface area contributed by atoms with Crippen LogP contribution in [0.4, 0.5) is 0 Å². The predicted octanol–water partition coefficient (Wildman–Crippen LogP) is 2.47. The topological polar surface area (TPSA) is 100 Å². The summed E-state index contributed by atoms with van der Waals surface area (Å²) in [7, 11) is 0. The van der Waals surface area contributed by atoms with Crippen LogP contribution in [0.15, 0.2) is 18.2 Å². The first-order valence-electron chi connectivity index (χ1n) is 6.24. The van der Waals surface area contributed by atoms with E-state index in [9.17, 15) is 14.7 Å². The molecule has 6 heteroatoms. The molecule has 21 heavy (non-hydrogen) atoms. The number of rotatable bonds is 3. The smallest absolute Gasteiger partial charge is 0.337 e. The van der Waals surface area contributed by atoms with Crippen molar-refractivity contribution in [1.29, 1.82) is 0 Å². The molecular formula is C15H14N2O4. The highest BCUT2D eigenvalue weighted by Gasteiger charge is 2.22. The van der Waals surface area contributed by atoms with E-state index < -0.39 is 11.9 Å². The maximum atomic E-state index is 11.5. The monoisotopic (exact) mass is 286 g/mol. The Morgan fingerprint density at radius 2 is 1.52 bits per heavy atom. The Bertz CT molecular complexity index is 754. The van der Waals surface area contributed by atoms with E-state index in [2.05, 4.69) is 9.97 Å². The number of hydrogen-bond acceptors (Lipinski definition) is 4. The van der Waals surface area contributed by atoms with Gasteiger partial charge in [0.05, 0.1) is 33.9 Å². The summed E-state index contributed by atoms with van der Waals surface area (Å²) in [6.07, 6.45) is 0. The van der Waals surface area contributed by atoms with E-state index in [-0.39, 0.29) is 16.7 Å². The lowest BCUT2D eigenvalue weighted by Gasteiger charge is -2.12. The summed E-state index contributed by atoms with van der Waals surface area (Å²) < 4.78 is 0. The summed E-state index contributed by atoms with van der Waals surface area (Å²) in [5.74, 6) is -2.59. The van der Waals surface area contributed by atoms with Gasteiger partial charge in [0, 0.05) is 5.56 Å². The van der Waals surface area contributed by atoms with E-state index in [1.165, 1.54) is 12.1 Å². The minimum Gasteiger partial charge on any atom is -0.478 e. The minimum atomic E-state index is -1.30. The van der Waals surface area contributed by atoms with Gasteiger partial charge in [-0.05, 0) is 26.8 Å². The normalized spacial score (nSPS) is 10.4. The lowest BCUT2D eigenvalue weighted by atomic mass is 9.97. The molecule has 108 valence electrons. The molecule has 0 saturated carbocycles. The molecule has 1 aromatic heterocycles. The van der Waals surface area contributed by atoms with E-state index in [0.717, 1.165) is 5.69 Å². The van der Waals surface area contributed by atoms with Crippen molar-refractivity contribution in [2.24, 2.45) is 0 Å². The largest absolute Gasteiger partial charge is 0.478 e. The van der Waals surface area contributed by atoms with E-state index in [4.69, 9.17) is 5.11 Å². The van der Waals surface area contributed by atoms with E-state index in [1.54, 1.807) is 19.9 Å². The zero-order valence-electron chi connectivity index (χ0n) is 11.8. The van der Waals surface area contributed by atoms with Gasteiger partial charge in [-0.15, -0.1) is 0 Å². The summed E-state index contributed by atoms with van der Waals surface area (Å²) in [4.78, 5) is 31.4. The molecule has 0 bridgehead atoms. The molecule has 0 amide bonds. The van der Waals surface area contributed by atoms with Crippen LogP contribution >= 0.6 is 0 Å². The van der Waals surface area contributed by atoms with Crippen molar-refractivity contribution in [2.75, 3.05) is 0 Å². The van der Waals surface area contributed by atoms with Gasteiger partial charge in [0.25, 0.3) is 0 Å². The van der Waals surface area contributed by atoms with Crippen molar-refractivity contribution in [1.82, 2.24) is 9.97 Å². The van der Waals surface area contributed by atoms with Gasteiger partial charge in [-0.2, -0.15) is 0 Å². The number of aromatic carboxylic acids is 2. The van der Waals surface area contributed by atoms with Crippen LogP contribution in [0.25, 0.3) is 11.3 Å². The molecule has 6 nitrogen and oxygen atoms in total. The minimum absolute atomic E-state index is 0.260. The molecule has 2 rings (SSSR count). The molecule has 0 atom stereocenters. The third-order valence-corrected chi connectivity index (χ3v) is 3.25. The summed E-state index contributed by atoms with van der Waals surface area (Å²) in [6.45, 7) is 5.30. The van der Waals surface area contributed by atoms with Crippen molar-refractivity contribution in [2.45, 2.75) is 20.8 Å². The summed E-state index contributed by atoms with van der Waals surface area (Å²) >= 11 is 0. The Labute approximate surface area is 121 Å². The number of aromatic nitrogens is 2. The van der Waals surface area contributed by atoms with Crippen molar-refractivity contribution in [3.63, 3.8) is 0 Å². The standard InChI is InChI=1S/C15H14N2O4/c1-7-8(2)17-13(9(3)16-7)10-5-4-6-11(14(18)19)12(10)15(20)21/h4-6H,1-3H3,(H,18,19)(H,20,21). The molecule has 0 aliphatic rings. The maximum Gasteiger partial charge on any atom is 0.337 e. The van der Waals surface area contributed by atoms with Gasteiger partial charge in [-0.25, -0.2) is 14.6 Å². The quantitative estimate of drug-likeness (QED) is 0.899. The summed E-state index contributed by atoms with van der Waals surface area (Å²) in [6, 6.07) is 4.31. The highest BCUT2D eigenvalue weighted by atomic mass is 16.4. The second kappa shape index (κ2) is 5.32. The SMILES string of the molecule is Cc1nc(C)c(-c2cccc(C(=O)O)c2C(=O)O)nc1C. The molecule has 1 heterocycles. The van der Waals surface area contributed by atoms with Gasteiger partial charge in [-0.3, -0.25) is 4.98 Å². The van der Waals surface area contributed by atoms with Gasteiger partial charge in [0.1, 0.15) is 0 Å². The first-order chi connectivity index (χ1) is 9.82. The fourth-order valence-corrected chi connectivity index (χ4v) is 2.13. The lowest BCUT2D eigenvalue weighted by Crippen LogP contribution is -2.11. The molecule has 0 aliphatic heterocycles. The average molecular weight is 286 g/mol. The number of benzene rings is 1.